The Morgan fingerprint density at radius 1 is 1.24 bits per heavy atom. The fraction of sp³-hybridized carbons (Fsp3) is 0.400. The summed E-state index contributed by atoms with van der Waals surface area (Å²) >= 11 is 1.27. The Hall–Kier alpha value is -1.79. The number of hydrogen-bond donors (Lipinski definition) is 0. The van der Waals surface area contributed by atoms with Gasteiger partial charge in [0.25, 0.3) is 0 Å². The summed E-state index contributed by atoms with van der Waals surface area (Å²) in [6.07, 6.45) is 5.02. The van der Waals surface area contributed by atoms with Gasteiger partial charge >= 0.3 is 0 Å². The van der Waals surface area contributed by atoms with Crippen LogP contribution in [0.1, 0.15) is 17.8 Å². The smallest absolute Gasteiger partial charge is 0.105 e. The molecular weight excluding hydrogens is 282 g/mol. The second-order valence-corrected chi connectivity index (χ2v) is 5.87. The minimum atomic E-state index is 0.941. The SMILES string of the molecule is Cc1nccn1CCCN(C)Cc1ccc2nsnc2c1. The normalized spacial score (nSPS) is 11.6. The average Bonchev–Trinajstić information content (AvgIpc) is 3.07. The van der Waals surface area contributed by atoms with Crippen LogP contribution in [0, 0.1) is 6.92 Å². The summed E-state index contributed by atoms with van der Waals surface area (Å²) < 4.78 is 10.7. The van der Waals surface area contributed by atoms with Crippen molar-refractivity contribution in [3.63, 3.8) is 0 Å². The van der Waals surface area contributed by atoms with Crippen LogP contribution in [0.5, 0.6) is 0 Å². The quantitative estimate of drug-likeness (QED) is 0.702. The Kier molecular flexibility index (Phi) is 4.26. The van der Waals surface area contributed by atoms with Gasteiger partial charge in [-0.3, -0.25) is 0 Å². The predicted octanol–water partition coefficient (Wildman–Crippen LogP) is 2.72. The van der Waals surface area contributed by atoms with Crippen molar-refractivity contribution < 1.29 is 0 Å². The molecule has 0 amide bonds. The lowest BCUT2D eigenvalue weighted by atomic mass is 10.2. The van der Waals surface area contributed by atoms with Crippen molar-refractivity contribution in [3.05, 3.63) is 42.0 Å². The first-order valence-corrected chi connectivity index (χ1v) is 7.83. The monoisotopic (exact) mass is 301 g/mol. The van der Waals surface area contributed by atoms with E-state index in [1.807, 2.05) is 19.3 Å². The first-order chi connectivity index (χ1) is 10.2. The maximum atomic E-state index is 4.29. The summed E-state index contributed by atoms with van der Waals surface area (Å²) in [5.41, 5.74) is 3.28. The van der Waals surface area contributed by atoms with E-state index in [1.54, 1.807) is 0 Å². The third-order valence-corrected chi connectivity index (χ3v) is 4.19. The van der Waals surface area contributed by atoms with Crippen LogP contribution in [-0.4, -0.2) is 36.8 Å². The average molecular weight is 301 g/mol. The van der Waals surface area contributed by atoms with E-state index in [4.69, 9.17) is 0 Å². The van der Waals surface area contributed by atoms with Crippen molar-refractivity contribution in [2.24, 2.45) is 0 Å². The van der Waals surface area contributed by atoms with E-state index in [1.165, 1.54) is 17.3 Å². The number of nitrogens with zero attached hydrogens (tertiary/aromatic N) is 5. The number of aromatic nitrogens is 4. The molecule has 21 heavy (non-hydrogen) atoms. The molecule has 2 heterocycles. The highest BCUT2D eigenvalue weighted by Crippen LogP contribution is 2.14. The molecule has 0 saturated heterocycles. The minimum Gasteiger partial charge on any atom is -0.335 e. The molecule has 0 radical (unpaired) electrons. The van der Waals surface area contributed by atoms with E-state index in [-0.39, 0.29) is 0 Å². The Bertz CT molecular complexity index is 718. The lowest BCUT2D eigenvalue weighted by Gasteiger charge is -2.17. The zero-order chi connectivity index (χ0) is 14.7. The van der Waals surface area contributed by atoms with Gasteiger partial charge in [-0.15, -0.1) is 0 Å². The molecule has 0 N–H and O–H groups in total. The largest absolute Gasteiger partial charge is 0.335 e. The predicted molar refractivity (Wildman–Crippen MR) is 85.3 cm³/mol. The molecule has 3 rings (SSSR count). The Balaban J connectivity index is 1.51. The molecule has 0 unspecified atom stereocenters. The fourth-order valence-electron chi connectivity index (χ4n) is 2.47. The van der Waals surface area contributed by atoms with Crippen molar-refractivity contribution in [2.45, 2.75) is 26.4 Å². The number of fused-ring (bicyclic) bond motifs is 1. The maximum Gasteiger partial charge on any atom is 0.105 e. The number of imidazole rings is 1. The third kappa shape index (κ3) is 3.46. The first kappa shape index (κ1) is 14.2. The van der Waals surface area contributed by atoms with E-state index in [2.05, 4.69) is 48.4 Å². The Morgan fingerprint density at radius 3 is 2.90 bits per heavy atom. The number of benzene rings is 1. The second-order valence-electron chi connectivity index (χ2n) is 5.35. The van der Waals surface area contributed by atoms with Gasteiger partial charge in [-0.1, -0.05) is 6.07 Å². The molecule has 3 aromatic rings. The van der Waals surface area contributed by atoms with E-state index in [9.17, 15) is 0 Å². The van der Waals surface area contributed by atoms with Crippen molar-refractivity contribution in [2.75, 3.05) is 13.6 Å². The molecule has 0 fully saturated rings. The summed E-state index contributed by atoms with van der Waals surface area (Å²) in [6, 6.07) is 6.33. The van der Waals surface area contributed by atoms with Gasteiger partial charge in [0.05, 0.1) is 11.7 Å². The molecule has 0 atom stereocenters. The van der Waals surface area contributed by atoms with E-state index < -0.39 is 0 Å². The van der Waals surface area contributed by atoms with Gasteiger partial charge in [-0.2, -0.15) is 8.75 Å². The van der Waals surface area contributed by atoms with E-state index in [0.29, 0.717) is 0 Å². The molecule has 2 aromatic heterocycles. The van der Waals surface area contributed by atoms with E-state index in [0.717, 1.165) is 42.9 Å². The van der Waals surface area contributed by atoms with Crippen molar-refractivity contribution in [1.82, 2.24) is 23.2 Å². The van der Waals surface area contributed by atoms with Gasteiger partial charge in [-0.25, -0.2) is 4.98 Å². The van der Waals surface area contributed by atoms with Crippen LogP contribution < -0.4 is 0 Å². The summed E-state index contributed by atoms with van der Waals surface area (Å²) in [5, 5.41) is 0. The third-order valence-electron chi connectivity index (χ3n) is 3.63. The number of aryl methyl sites for hydroxylation is 2. The molecule has 0 spiro atoms. The van der Waals surface area contributed by atoms with Crippen molar-refractivity contribution in [1.29, 1.82) is 0 Å². The molecule has 0 aliphatic rings. The van der Waals surface area contributed by atoms with Crippen LogP contribution in [0.15, 0.2) is 30.6 Å². The highest BCUT2D eigenvalue weighted by Gasteiger charge is 2.04. The number of hydrogen-bond acceptors (Lipinski definition) is 5. The highest BCUT2D eigenvalue weighted by atomic mass is 32.1. The van der Waals surface area contributed by atoms with Gasteiger partial charge in [0.15, 0.2) is 0 Å². The molecule has 1 aromatic carbocycles. The second kappa shape index (κ2) is 6.32. The lowest BCUT2D eigenvalue weighted by molar-refractivity contribution is 0.314. The van der Waals surface area contributed by atoms with Gasteiger partial charge in [0.2, 0.25) is 0 Å². The van der Waals surface area contributed by atoms with Crippen LogP contribution >= 0.6 is 11.7 Å². The molecule has 0 aliphatic heterocycles. The van der Waals surface area contributed by atoms with Crippen LogP contribution in [0.4, 0.5) is 0 Å². The molecule has 5 nitrogen and oxygen atoms in total. The molecule has 0 bridgehead atoms. The molecule has 0 saturated carbocycles. The number of rotatable bonds is 6. The van der Waals surface area contributed by atoms with Crippen LogP contribution in [0.3, 0.4) is 0 Å². The zero-order valence-corrected chi connectivity index (χ0v) is 13.2. The van der Waals surface area contributed by atoms with Crippen LogP contribution in [-0.2, 0) is 13.1 Å². The van der Waals surface area contributed by atoms with Crippen LogP contribution in [0.25, 0.3) is 11.0 Å². The summed E-state index contributed by atoms with van der Waals surface area (Å²) in [4.78, 5) is 6.58. The molecule has 6 heteroatoms. The Labute approximate surface area is 128 Å². The van der Waals surface area contributed by atoms with Crippen molar-refractivity contribution in [3.8, 4) is 0 Å². The minimum absolute atomic E-state index is 0.941. The highest BCUT2D eigenvalue weighted by molar-refractivity contribution is 7.00. The van der Waals surface area contributed by atoms with Gasteiger partial charge in [-0.05, 0) is 44.6 Å². The zero-order valence-electron chi connectivity index (χ0n) is 12.4. The van der Waals surface area contributed by atoms with E-state index >= 15 is 0 Å². The molecule has 110 valence electrons. The van der Waals surface area contributed by atoms with Gasteiger partial charge < -0.3 is 9.47 Å². The summed E-state index contributed by atoms with van der Waals surface area (Å²) in [7, 11) is 2.16. The van der Waals surface area contributed by atoms with Crippen molar-refractivity contribution >= 4 is 22.8 Å². The summed E-state index contributed by atoms with van der Waals surface area (Å²) in [5.74, 6) is 1.08. The van der Waals surface area contributed by atoms with Gasteiger partial charge in [0.1, 0.15) is 16.9 Å². The first-order valence-electron chi connectivity index (χ1n) is 7.10. The van der Waals surface area contributed by atoms with Gasteiger partial charge in [0, 0.05) is 25.5 Å². The maximum absolute atomic E-state index is 4.29. The topological polar surface area (TPSA) is 46.8 Å². The standard InChI is InChI=1S/C15H19N5S/c1-12-16-6-9-20(12)8-3-7-19(2)11-13-4-5-14-15(10-13)18-21-17-14/h4-6,9-10H,3,7-8,11H2,1-2H3. The molecule has 0 aliphatic carbocycles. The fourth-order valence-corrected chi connectivity index (χ4v) is 2.99. The summed E-state index contributed by atoms with van der Waals surface area (Å²) in [6.45, 7) is 5.06. The lowest BCUT2D eigenvalue weighted by Crippen LogP contribution is -2.20. The molecular formula is C15H19N5S. The van der Waals surface area contributed by atoms with Crippen LogP contribution in [0.2, 0.25) is 0 Å². The Morgan fingerprint density at radius 2 is 2.10 bits per heavy atom.